The molecule has 65 heavy (non-hydrogen) atoms. The Kier molecular flexibility index (Phi) is 11.2. The molecule has 1 radical (unpaired) electrons. The molecule has 7 aromatic carbocycles. The third kappa shape index (κ3) is 9.16. The molecule has 0 saturated heterocycles. The molecule has 3 aromatic heterocycles. The van der Waals surface area contributed by atoms with Gasteiger partial charge in [-0.2, -0.15) is 11.3 Å². The molecule has 0 spiro atoms. The van der Waals surface area contributed by atoms with E-state index in [-0.39, 0.29) is 25.7 Å². The fourth-order valence-corrected chi connectivity index (χ4v) is 11.5. The Balaban J connectivity index is 0.000000205. The molecule has 0 aliphatic rings. The maximum absolute atomic E-state index is 8.79. The molecular formula is C59H59IrN3SSi-2. The summed E-state index contributed by atoms with van der Waals surface area (Å²) in [5.41, 5.74) is 8.69. The Hall–Kier alpha value is -5.23. The molecule has 0 N–H and O–H groups in total. The molecular weight excluding hydrogens is 1000 g/mol. The first-order valence-electron chi connectivity index (χ1n) is 24.9. The van der Waals surface area contributed by atoms with Crippen molar-refractivity contribution in [3.05, 3.63) is 168 Å². The van der Waals surface area contributed by atoms with Crippen LogP contribution in [0.3, 0.4) is 0 Å². The summed E-state index contributed by atoms with van der Waals surface area (Å²) in [5.74, 6) is 1.70. The molecule has 0 aliphatic carbocycles. The van der Waals surface area contributed by atoms with Gasteiger partial charge in [-0.1, -0.05) is 171 Å². The number of imidazole rings is 1. The minimum atomic E-state index is -2.17. The SMILES string of the molecule is CC(C)c1cccc(C(C)C)c1-n1c(-c2[c-]cc3sc4c(ccc5c6ccccc6ccc54)c3c2)nc2ccccc21.[2H]C([2H])([2H])c1c[c-]c(-c2cc(C([2H])([2H])C(C)(C)C)c([Si](C)(C)C)cn2)cc1.[Ir]. The zero-order valence-electron chi connectivity index (χ0n) is 43.9. The first-order valence-corrected chi connectivity index (χ1v) is 26.7. The quantitative estimate of drug-likeness (QED) is 0.0905. The summed E-state index contributed by atoms with van der Waals surface area (Å²) >= 11 is 1.86. The number of thiophene rings is 1. The van der Waals surface area contributed by atoms with Gasteiger partial charge >= 0.3 is 0 Å². The van der Waals surface area contributed by atoms with Gasteiger partial charge in [0.15, 0.2) is 0 Å². The topological polar surface area (TPSA) is 30.7 Å². The van der Waals surface area contributed by atoms with Gasteiger partial charge in [0.05, 0.1) is 24.9 Å². The zero-order valence-corrected chi connectivity index (χ0v) is 43.2. The fourth-order valence-electron chi connectivity index (χ4n) is 8.89. The zero-order chi connectivity index (χ0) is 49.4. The average molecular weight is 1070 g/mol. The summed E-state index contributed by atoms with van der Waals surface area (Å²) in [6.07, 6.45) is 0.269. The first-order chi connectivity index (χ1) is 32.5. The van der Waals surface area contributed by atoms with Crippen LogP contribution in [-0.2, 0) is 26.5 Å². The molecule has 0 atom stereocenters. The molecule has 0 saturated carbocycles. The normalized spacial score (nSPS) is 13.7. The van der Waals surface area contributed by atoms with Crippen LogP contribution in [0.1, 0.15) is 89.4 Å². The third-order valence-corrected chi connectivity index (χ3v) is 15.2. The van der Waals surface area contributed by atoms with E-state index in [1.54, 1.807) is 18.3 Å². The van der Waals surface area contributed by atoms with Crippen molar-refractivity contribution in [2.75, 3.05) is 0 Å². The fraction of sp³-hybridized carbons (Fsp3) is 0.254. The maximum Gasteiger partial charge on any atom is 0.0798 e. The predicted molar refractivity (Wildman–Crippen MR) is 281 cm³/mol. The van der Waals surface area contributed by atoms with Crippen molar-refractivity contribution >= 4 is 77.3 Å². The van der Waals surface area contributed by atoms with Gasteiger partial charge in [-0.3, -0.25) is 4.98 Å². The van der Waals surface area contributed by atoms with Gasteiger partial charge in [-0.15, -0.1) is 59.2 Å². The molecule has 3 nitrogen and oxygen atoms in total. The number of para-hydroxylation sites is 3. The minimum Gasteiger partial charge on any atom is -0.333 e. The van der Waals surface area contributed by atoms with Crippen molar-refractivity contribution in [3.63, 3.8) is 0 Å². The standard InChI is InChI=1S/C39H31N2S.C20H28NSi.Ir/c1-23(2)27-12-9-13-28(24(3)4)37(27)41-35-15-8-7-14-34(35)40-39(41)26-17-21-36-33(22-26)32-20-19-30-29-11-6-5-10-25(29)16-18-31(30)38(32)42-36;1-15-8-10-16(11-9-15)18-12-17(13-20(2,3)4)19(14-21-18)22(5,6)7;/h5-16,18-24H,1-4H3;8-10,12,14H,13H2,1-7H3;/q2*-1;/i;1D3,13D2;. The van der Waals surface area contributed by atoms with Crippen LogP contribution in [0.25, 0.3) is 81.1 Å². The van der Waals surface area contributed by atoms with Crippen LogP contribution >= 0.6 is 11.3 Å². The van der Waals surface area contributed by atoms with E-state index in [9.17, 15) is 0 Å². The van der Waals surface area contributed by atoms with Gasteiger partial charge in [-0.05, 0) is 89.4 Å². The molecule has 0 fully saturated rings. The Bertz CT molecular complexity index is 3530. The Labute approximate surface area is 411 Å². The van der Waals surface area contributed by atoms with Crippen molar-refractivity contribution in [1.29, 1.82) is 0 Å². The van der Waals surface area contributed by atoms with Crippen molar-refractivity contribution < 1.29 is 27.0 Å². The van der Waals surface area contributed by atoms with Crippen molar-refractivity contribution in [3.8, 4) is 28.3 Å². The van der Waals surface area contributed by atoms with E-state index in [4.69, 9.17) is 11.8 Å². The molecule has 3 heterocycles. The predicted octanol–water partition coefficient (Wildman–Crippen LogP) is 16.4. The average Bonchev–Trinajstić information content (AvgIpc) is 3.89. The van der Waals surface area contributed by atoms with E-state index in [0.29, 0.717) is 28.7 Å². The molecule has 10 rings (SSSR count). The number of aryl methyl sites for hydroxylation is 1. The van der Waals surface area contributed by atoms with Crippen molar-refractivity contribution in [1.82, 2.24) is 14.5 Å². The molecule has 6 heteroatoms. The molecule has 0 aliphatic heterocycles. The van der Waals surface area contributed by atoms with Crippen LogP contribution < -0.4 is 5.19 Å². The van der Waals surface area contributed by atoms with Gasteiger partial charge in [-0.25, -0.2) is 0 Å². The number of nitrogens with zero attached hydrogens (tertiary/aromatic N) is 3. The van der Waals surface area contributed by atoms with E-state index >= 15 is 0 Å². The third-order valence-electron chi connectivity index (χ3n) is 12.0. The van der Waals surface area contributed by atoms with E-state index in [0.717, 1.165) is 27.6 Å². The van der Waals surface area contributed by atoms with Gasteiger partial charge in [0, 0.05) is 43.5 Å². The summed E-state index contributed by atoms with van der Waals surface area (Å²) in [6.45, 7) is 19.2. The van der Waals surface area contributed by atoms with Gasteiger partial charge in [0.25, 0.3) is 0 Å². The maximum atomic E-state index is 8.79. The first kappa shape index (κ1) is 40.1. The number of benzene rings is 7. The molecule has 10 aromatic rings. The van der Waals surface area contributed by atoms with Crippen LogP contribution in [0.15, 0.2) is 134 Å². The van der Waals surface area contributed by atoms with Crippen LogP contribution in [0.2, 0.25) is 19.6 Å². The van der Waals surface area contributed by atoms with Crippen molar-refractivity contribution in [2.45, 2.75) is 93.2 Å². The Morgan fingerprint density at radius 3 is 2.09 bits per heavy atom. The van der Waals surface area contributed by atoms with Gasteiger partial charge < -0.3 is 9.55 Å². The molecule has 0 unspecified atom stereocenters. The van der Waals surface area contributed by atoms with Crippen LogP contribution in [0, 0.1) is 24.4 Å². The largest absolute Gasteiger partial charge is 0.333 e. The summed E-state index contributed by atoms with van der Waals surface area (Å²) < 4.78 is 45.0. The van der Waals surface area contributed by atoms with E-state index in [1.165, 1.54) is 64.6 Å². The van der Waals surface area contributed by atoms with Crippen LogP contribution in [0.5, 0.6) is 0 Å². The Morgan fingerprint density at radius 1 is 0.723 bits per heavy atom. The summed E-state index contributed by atoms with van der Waals surface area (Å²) in [6, 6.07) is 50.8. The smallest absolute Gasteiger partial charge is 0.0798 e. The number of aromatic nitrogens is 3. The molecule has 331 valence electrons. The second-order valence-corrected chi connectivity index (χ2v) is 25.7. The van der Waals surface area contributed by atoms with Gasteiger partial charge in [0.2, 0.25) is 0 Å². The van der Waals surface area contributed by atoms with E-state index < -0.39 is 26.7 Å². The monoisotopic (exact) mass is 1070 g/mol. The van der Waals surface area contributed by atoms with E-state index in [1.807, 2.05) is 38.2 Å². The summed E-state index contributed by atoms with van der Waals surface area (Å²) in [5, 5.41) is 8.77. The molecule has 0 bridgehead atoms. The number of rotatable bonds is 7. The van der Waals surface area contributed by atoms with Crippen molar-refractivity contribution in [2.24, 2.45) is 5.41 Å². The number of hydrogen-bond acceptors (Lipinski definition) is 3. The van der Waals surface area contributed by atoms with Gasteiger partial charge in [0.1, 0.15) is 0 Å². The second-order valence-electron chi connectivity index (χ2n) is 19.6. The minimum absolute atomic E-state index is 0. The number of pyridine rings is 1. The van der Waals surface area contributed by atoms with Crippen LogP contribution in [-0.4, -0.2) is 22.6 Å². The van der Waals surface area contributed by atoms with Crippen LogP contribution in [0.4, 0.5) is 0 Å². The summed E-state index contributed by atoms with van der Waals surface area (Å²) in [7, 11) is -1.81. The second kappa shape index (κ2) is 18.2. The summed E-state index contributed by atoms with van der Waals surface area (Å²) in [4.78, 5) is 9.81. The van der Waals surface area contributed by atoms with E-state index in [2.05, 4.69) is 172 Å². The Morgan fingerprint density at radius 2 is 1.40 bits per heavy atom. The number of hydrogen-bond donors (Lipinski definition) is 0. The number of fused-ring (bicyclic) bond motifs is 8. The molecule has 0 amide bonds.